The van der Waals surface area contributed by atoms with E-state index in [2.05, 4.69) is 16.9 Å². The predicted octanol–water partition coefficient (Wildman–Crippen LogP) is 0.458. The summed E-state index contributed by atoms with van der Waals surface area (Å²) >= 11 is 0. The summed E-state index contributed by atoms with van der Waals surface area (Å²) in [5.41, 5.74) is 7.95. The molecule has 1 aromatic heterocycles. The molecule has 6 heteroatoms. The standard InChI is InChI=1S/C13H24N4O2/c1-5-17-6-7-19-10(8-14)12(17)11-9(2)15-16(3)13(11)18-4/h10,12H,5-8,14H2,1-4H3. The summed E-state index contributed by atoms with van der Waals surface area (Å²) in [7, 11) is 3.57. The van der Waals surface area contributed by atoms with Crippen molar-refractivity contribution in [3.05, 3.63) is 11.3 Å². The molecule has 2 atom stereocenters. The SMILES string of the molecule is CCN1CCOC(CN)C1c1c(C)nn(C)c1OC. The number of rotatable bonds is 4. The molecule has 2 N–H and O–H groups in total. The summed E-state index contributed by atoms with van der Waals surface area (Å²) in [5.74, 6) is 0.796. The number of morpholine rings is 1. The highest BCUT2D eigenvalue weighted by atomic mass is 16.5. The van der Waals surface area contributed by atoms with Crippen molar-refractivity contribution in [1.82, 2.24) is 14.7 Å². The molecule has 0 aromatic carbocycles. The van der Waals surface area contributed by atoms with E-state index < -0.39 is 0 Å². The summed E-state index contributed by atoms with van der Waals surface area (Å²) in [4.78, 5) is 2.38. The number of nitrogens with two attached hydrogens (primary N) is 1. The van der Waals surface area contributed by atoms with Gasteiger partial charge in [-0.25, -0.2) is 4.68 Å². The van der Waals surface area contributed by atoms with Crippen LogP contribution in [0.3, 0.4) is 0 Å². The maximum absolute atomic E-state index is 5.88. The van der Waals surface area contributed by atoms with Crippen molar-refractivity contribution in [2.24, 2.45) is 12.8 Å². The fourth-order valence-electron chi connectivity index (χ4n) is 2.94. The first-order chi connectivity index (χ1) is 9.13. The number of likely N-dealkylation sites (N-methyl/N-ethyl adjacent to an activating group) is 1. The Morgan fingerprint density at radius 3 is 2.84 bits per heavy atom. The Balaban J connectivity index is 2.45. The van der Waals surface area contributed by atoms with Gasteiger partial charge in [-0.15, -0.1) is 0 Å². The second kappa shape index (κ2) is 5.90. The fourth-order valence-corrected chi connectivity index (χ4v) is 2.94. The van der Waals surface area contributed by atoms with Gasteiger partial charge in [0.05, 0.1) is 37.1 Å². The van der Waals surface area contributed by atoms with E-state index in [9.17, 15) is 0 Å². The van der Waals surface area contributed by atoms with Gasteiger partial charge in [-0.3, -0.25) is 4.90 Å². The maximum atomic E-state index is 5.88. The molecule has 6 nitrogen and oxygen atoms in total. The number of aromatic nitrogens is 2. The Labute approximate surface area is 114 Å². The largest absolute Gasteiger partial charge is 0.481 e. The Morgan fingerprint density at radius 2 is 2.26 bits per heavy atom. The van der Waals surface area contributed by atoms with Crippen LogP contribution in [-0.2, 0) is 11.8 Å². The molecule has 1 saturated heterocycles. The molecule has 19 heavy (non-hydrogen) atoms. The van der Waals surface area contributed by atoms with Gasteiger partial charge in [0.15, 0.2) is 0 Å². The molecule has 0 saturated carbocycles. The van der Waals surface area contributed by atoms with Gasteiger partial charge in [0, 0.05) is 20.1 Å². The molecule has 1 aliphatic heterocycles. The molecule has 2 heterocycles. The van der Waals surface area contributed by atoms with E-state index in [1.807, 2.05) is 14.0 Å². The molecule has 0 amide bonds. The van der Waals surface area contributed by atoms with Crippen molar-refractivity contribution in [2.75, 3.05) is 33.4 Å². The van der Waals surface area contributed by atoms with Crippen LogP contribution < -0.4 is 10.5 Å². The Bertz CT molecular complexity index is 421. The van der Waals surface area contributed by atoms with Crippen molar-refractivity contribution >= 4 is 0 Å². The van der Waals surface area contributed by atoms with Crippen LogP contribution in [0.4, 0.5) is 0 Å². The van der Waals surface area contributed by atoms with Crippen LogP contribution in [0.1, 0.15) is 24.2 Å². The van der Waals surface area contributed by atoms with Gasteiger partial charge in [0.1, 0.15) is 0 Å². The van der Waals surface area contributed by atoms with E-state index in [4.69, 9.17) is 15.2 Å². The van der Waals surface area contributed by atoms with Gasteiger partial charge in [-0.05, 0) is 13.5 Å². The molecule has 1 fully saturated rings. The zero-order valence-corrected chi connectivity index (χ0v) is 12.2. The molecule has 1 aromatic rings. The van der Waals surface area contributed by atoms with Gasteiger partial charge >= 0.3 is 0 Å². The monoisotopic (exact) mass is 268 g/mol. The quantitative estimate of drug-likeness (QED) is 0.859. The van der Waals surface area contributed by atoms with Crippen LogP contribution in [0.15, 0.2) is 0 Å². The van der Waals surface area contributed by atoms with E-state index >= 15 is 0 Å². The third-order valence-corrected chi connectivity index (χ3v) is 3.80. The van der Waals surface area contributed by atoms with Crippen LogP contribution in [0.2, 0.25) is 0 Å². The van der Waals surface area contributed by atoms with Crippen LogP contribution >= 0.6 is 0 Å². The molecule has 0 bridgehead atoms. The van der Waals surface area contributed by atoms with E-state index in [0.717, 1.165) is 36.8 Å². The van der Waals surface area contributed by atoms with Crippen molar-refractivity contribution in [3.63, 3.8) is 0 Å². The smallest absolute Gasteiger partial charge is 0.216 e. The molecule has 2 rings (SSSR count). The highest BCUT2D eigenvalue weighted by Gasteiger charge is 2.36. The van der Waals surface area contributed by atoms with Crippen molar-refractivity contribution < 1.29 is 9.47 Å². The molecule has 0 aliphatic carbocycles. The zero-order chi connectivity index (χ0) is 14.0. The third-order valence-electron chi connectivity index (χ3n) is 3.80. The summed E-state index contributed by atoms with van der Waals surface area (Å²) in [6.45, 7) is 7.27. The Morgan fingerprint density at radius 1 is 1.53 bits per heavy atom. The van der Waals surface area contributed by atoms with Gasteiger partial charge in [0.2, 0.25) is 5.88 Å². The lowest BCUT2D eigenvalue weighted by Gasteiger charge is -2.40. The number of hydrogen-bond acceptors (Lipinski definition) is 5. The second-order valence-electron chi connectivity index (χ2n) is 4.85. The first kappa shape index (κ1) is 14.3. The molecule has 0 spiro atoms. The Kier molecular flexibility index (Phi) is 4.44. The predicted molar refractivity (Wildman–Crippen MR) is 73.3 cm³/mol. The Hall–Kier alpha value is -1.11. The normalized spacial score (nSPS) is 24.7. The van der Waals surface area contributed by atoms with Gasteiger partial charge in [0.25, 0.3) is 0 Å². The molecule has 2 unspecified atom stereocenters. The maximum Gasteiger partial charge on any atom is 0.216 e. The minimum absolute atomic E-state index is 0.00880. The van der Waals surface area contributed by atoms with Crippen LogP contribution in [0.5, 0.6) is 5.88 Å². The third kappa shape index (κ3) is 2.48. The topological polar surface area (TPSA) is 65.5 Å². The van der Waals surface area contributed by atoms with E-state index in [0.29, 0.717) is 6.54 Å². The summed E-state index contributed by atoms with van der Waals surface area (Å²) in [5, 5.41) is 4.46. The fraction of sp³-hybridized carbons (Fsp3) is 0.769. The molecule has 108 valence electrons. The summed E-state index contributed by atoms with van der Waals surface area (Å²) in [6.07, 6.45) is -0.00880. The van der Waals surface area contributed by atoms with E-state index in [1.165, 1.54) is 0 Å². The lowest BCUT2D eigenvalue weighted by atomic mass is 9.98. The van der Waals surface area contributed by atoms with Gasteiger partial charge in [-0.1, -0.05) is 6.92 Å². The molecule has 0 radical (unpaired) electrons. The summed E-state index contributed by atoms with van der Waals surface area (Å²) < 4.78 is 13.1. The van der Waals surface area contributed by atoms with Crippen molar-refractivity contribution in [1.29, 1.82) is 0 Å². The first-order valence-electron chi connectivity index (χ1n) is 6.77. The minimum atomic E-state index is -0.00880. The lowest BCUT2D eigenvalue weighted by Crippen LogP contribution is -2.48. The zero-order valence-electron chi connectivity index (χ0n) is 12.2. The first-order valence-corrected chi connectivity index (χ1v) is 6.77. The van der Waals surface area contributed by atoms with Gasteiger partial charge in [-0.2, -0.15) is 5.10 Å². The van der Waals surface area contributed by atoms with Crippen LogP contribution in [-0.4, -0.2) is 54.1 Å². The van der Waals surface area contributed by atoms with Gasteiger partial charge < -0.3 is 15.2 Å². The summed E-state index contributed by atoms with van der Waals surface area (Å²) in [6, 6.07) is 0.118. The number of nitrogens with zero attached hydrogens (tertiary/aromatic N) is 3. The lowest BCUT2D eigenvalue weighted by molar-refractivity contribution is -0.0666. The highest BCUT2D eigenvalue weighted by Crippen LogP contribution is 2.36. The highest BCUT2D eigenvalue weighted by molar-refractivity contribution is 5.35. The van der Waals surface area contributed by atoms with E-state index in [1.54, 1.807) is 11.8 Å². The van der Waals surface area contributed by atoms with Crippen LogP contribution in [0.25, 0.3) is 0 Å². The number of hydrogen-bond donors (Lipinski definition) is 1. The molecular formula is C13H24N4O2. The number of aryl methyl sites for hydroxylation is 2. The van der Waals surface area contributed by atoms with Crippen molar-refractivity contribution in [3.8, 4) is 5.88 Å². The molecule has 1 aliphatic rings. The minimum Gasteiger partial charge on any atom is -0.481 e. The molecular weight excluding hydrogens is 244 g/mol. The number of methoxy groups -OCH3 is 1. The van der Waals surface area contributed by atoms with E-state index in [-0.39, 0.29) is 12.1 Å². The number of ether oxygens (including phenoxy) is 2. The average molecular weight is 268 g/mol. The van der Waals surface area contributed by atoms with Crippen molar-refractivity contribution in [2.45, 2.75) is 26.0 Å². The second-order valence-corrected chi connectivity index (χ2v) is 4.85. The average Bonchev–Trinajstić information content (AvgIpc) is 2.71. The van der Waals surface area contributed by atoms with Crippen LogP contribution in [0, 0.1) is 6.92 Å².